The molecule has 0 bridgehead atoms. The van der Waals surface area contributed by atoms with Crippen LogP contribution in [0.15, 0.2) is 18.2 Å². The lowest BCUT2D eigenvalue weighted by Gasteiger charge is -2.33. The van der Waals surface area contributed by atoms with Crippen molar-refractivity contribution in [3.63, 3.8) is 0 Å². The number of nitrogens with two attached hydrogens (primary N) is 1. The molecule has 1 aliphatic rings. The van der Waals surface area contributed by atoms with E-state index < -0.39 is 0 Å². The summed E-state index contributed by atoms with van der Waals surface area (Å²) >= 11 is 6.24. The average Bonchev–Trinajstić information content (AvgIpc) is 2.44. The molecule has 1 aliphatic heterocycles. The summed E-state index contributed by atoms with van der Waals surface area (Å²) in [7, 11) is 0. The van der Waals surface area contributed by atoms with Gasteiger partial charge in [-0.05, 0) is 51.3 Å². The van der Waals surface area contributed by atoms with E-state index in [0.717, 1.165) is 44.3 Å². The third kappa shape index (κ3) is 5.33. The van der Waals surface area contributed by atoms with Crippen LogP contribution in [0.2, 0.25) is 5.02 Å². The number of rotatable bonds is 6. The second-order valence-corrected chi connectivity index (χ2v) is 5.89. The first-order chi connectivity index (χ1) is 9.74. The van der Waals surface area contributed by atoms with Crippen LogP contribution >= 0.6 is 24.0 Å². The Labute approximate surface area is 139 Å². The molecule has 0 saturated carbocycles. The van der Waals surface area contributed by atoms with Gasteiger partial charge in [-0.15, -0.1) is 12.4 Å². The quantitative estimate of drug-likeness (QED) is 0.862. The molecule has 1 heterocycles. The van der Waals surface area contributed by atoms with Crippen molar-refractivity contribution >= 4 is 24.0 Å². The molecule has 1 saturated heterocycles. The van der Waals surface area contributed by atoms with Crippen molar-refractivity contribution in [3.8, 4) is 5.75 Å². The molecule has 1 atom stereocenters. The summed E-state index contributed by atoms with van der Waals surface area (Å²) in [5.41, 5.74) is 6.87. The Bertz CT molecular complexity index is 427. The lowest BCUT2D eigenvalue weighted by atomic mass is 9.94. The van der Waals surface area contributed by atoms with Crippen molar-refractivity contribution < 1.29 is 4.74 Å². The third-order valence-electron chi connectivity index (χ3n) is 3.91. The molecule has 2 N–H and O–H groups in total. The number of benzene rings is 1. The van der Waals surface area contributed by atoms with Crippen molar-refractivity contribution in [3.05, 3.63) is 28.8 Å². The number of halogens is 2. The molecular weight excluding hydrogens is 307 g/mol. The SMILES string of the molecule is CCOc1c(Cl)cccc1CN1CCCC(CCN)C1.Cl. The number of hydrogen-bond donors (Lipinski definition) is 1. The lowest BCUT2D eigenvalue weighted by molar-refractivity contribution is 0.161. The summed E-state index contributed by atoms with van der Waals surface area (Å²) in [6, 6.07) is 6.01. The van der Waals surface area contributed by atoms with Gasteiger partial charge >= 0.3 is 0 Å². The van der Waals surface area contributed by atoms with Gasteiger partial charge in [-0.25, -0.2) is 0 Å². The summed E-state index contributed by atoms with van der Waals surface area (Å²) < 4.78 is 5.71. The van der Waals surface area contributed by atoms with Crippen LogP contribution in [-0.2, 0) is 6.54 Å². The van der Waals surface area contributed by atoms with E-state index in [-0.39, 0.29) is 12.4 Å². The summed E-state index contributed by atoms with van der Waals surface area (Å²) in [6.07, 6.45) is 3.70. The Morgan fingerprint density at radius 3 is 2.95 bits per heavy atom. The normalized spacial score (nSPS) is 19.1. The second-order valence-electron chi connectivity index (χ2n) is 5.48. The number of piperidine rings is 1. The molecule has 3 nitrogen and oxygen atoms in total. The van der Waals surface area contributed by atoms with Gasteiger partial charge in [0, 0.05) is 18.7 Å². The average molecular weight is 333 g/mol. The topological polar surface area (TPSA) is 38.5 Å². The fraction of sp³-hybridized carbons (Fsp3) is 0.625. The van der Waals surface area contributed by atoms with E-state index >= 15 is 0 Å². The Kier molecular flexibility index (Phi) is 8.42. The van der Waals surface area contributed by atoms with Gasteiger partial charge < -0.3 is 10.5 Å². The van der Waals surface area contributed by atoms with Gasteiger partial charge in [0.2, 0.25) is 0 Å². The minimum absolute atomic E-state index is 0. The van der Waals surface area contributed by atoms with Crippen LogP contribution in [0.1, 0.15) is 31.7 Å². The zero-order valence-electron chi connectivity index (χ0n) is 12.7. The van der Waals surface area contributed by atoms with E-state index in [2.05, 4.69) is 11.0 Å². The standard InChI is InChI=1S/C16H25ClN2O.ClH/c1-2-20-16-14(6-3-7-15(16)17)12-19-10-4-5-13(11-19)8-9-18;/h3,6-7,13H,2,4-5,8-12,18H2,1H3;1H. The van der Waals surface area contributed by atoms with Crippen molar-refractivity contribution in [1.82, 2.24) is 4.90 Å². The van der Waals surface area contributed by atoms with Crippen LogP contribution in [0, 0.1) is 5.92 Å². The molecule has 0 spiro atoms. The van der Waals surface area contributed by atoms with Crippen molar-refractivity contribution in [1.29, 1.82) is 0 Å². The Morgan fingerprint density at radius 1 is 1.43 bits per heavy atom. The highest BCUT2D eigenvalue weighted by Gasteiger charge is 2.20. The maximum atomic E-state index is 6.24. The van der Waals surface area contributed by atoms with E-state index in [1.165, 1.54) is 18.4 Å². The van der Waals surface area contributed by atoms with Crippen LogP contribution in [-0.4, -0.2) is 31.1 Å². The van der Waals surface area contributed by atoms with Gasteiger partial charge in [0.15, 0.2) is 0 Å². The van der Waals surface area contributed by atoms with Crippen molar-refractivity contribution in [2.45, 2.75) is 32.7 Å². The van der Waals surface area contributed by atoms with Crippen molar-refractivity contribution in [2.24, 2.45) is 11.7 Å². The minimum Gasteiger partial charge on any atom is -0.492 e. The number of likely N-dealkylation sites (tertiary alicyclic amines) is 1. The first kappa shape index (κ1) is 18.6. The summed E-state index contributed by atoms with van der Waals surface area (Å²) in [5, 5.41) is 0.708. The van der Waals surface area contributed by atoms with Crippen LogP contribution in [0.5, 0.6) is 5.75 Å². The number of nitrogens with zero attached hydrogens (tertiary/aromatic N) is 1. The molecule has 5 heteroatoms. The molecule has 1 fully saturated rings. The summed E-state index contributed by atoms with van der Waals surface area (Å²) in [4.78, 5) is 2.50. The fourth-order valence-electron chi connectivity index (χ4n) is 2.99. The predicted molar refractivity (Wildman–Crippen MR) is 91.5 cm³/mol. The van der Waals surface area contributed by atoms with Gasteiger partial charge in [-0.2, -0.15) is 0 Å². The number of hydrogen-bond acceptors (Lipinski definition) is 3. The maximum absolute atomic E-state index is 6.24. The molecular formula is C16H26Cl2N2O. The van der Waals surface area contributed by atoms with E-state index in [9.17, 15) is 0 Å². The fourth-order valence-corrected chi connectivity index (χ4v) is 3.24. The molecule has 1 unspecified atom stereocenters. The monoisotopic (exact) mass is 332 g/mol. The molecule has 0 aromatic heterocycles. The van der Waals surface area contributed by atoms with Gasteiger partial charge in [0.05, 0.1) is 11.6 Å². The van der Waals surface area contributed by atoms with Gasteiger partial charge in [-0.3, -0.25) is 4.90 Å². The maximum Gasteiger partial charge on any atom is 0.142 e. The van der Waals surface area contributed by atoms with E-state index in [4.69, 9.17) is 22.1 Å². The minimum atomic E-state index is 0. The smallest absolute Gasteiger partial charge is 0.142 e. The molecule has 0 aliphatic carbocycles. The summed E-state index contributed by atoms with van der Waals surface area (Å²) in [5.74, 6) is 1.58. The highest BCUT2D eigenvalue weighted by molar-refractivity contribution is 6.32. The molecule has 0 amide bonds. The Hall–Kier alpha value is -0.480. The molecule has 1 aromatic rings. The van der Waals surface area contributed by atoms with Crippen LogP contribution in [0.4, 0.5) is 0 Å². The van der Waals surface area contributed by atoms with Gasteiger partial charge in [-0.1, -0.05) is 23.7 Å². The zero-order chi connectivity index (χ0) is 14.4. The zero-order valence-corrected chi connectivity index (χ0v) is 14.3. The number of ether oxygens (including phenoxy) is 1. The highest BCUT2D eigenvalue weighted by atomic mass is 35.5. The predicted octanol–water partition coefficient (Wildman–Crippen LogP) is 3.72. The van der Waals surface area contributed by atoms with Crippen LogP contribution in [0.25, 0.3) is 0 Å². The second kappa shape index (κ2) is 9.52. The first-order valence-electron chi connectivity index (χ1n) is 7.57. The van der Waals surface area contributed by atoms with Gasteiger partial charge in [0.1, 0.15) is 5.75 Å². The first-order valence-corrected chi connectivity index (χ1v) is 7.95. The molecule has 21 heavy (non-hydrogen) atoms. The third-order valence-corrected chi connectivity index (χ3v) is 4.21. The molecule has 0 radical (unpaired) electrons. The van der Waals surface area contributed by atoms with Crippen LogP contribution < -0.4 is 10.5 Å². The number of para-hydroxylation sites is 1. The van der Waals surface area contributed by atoms with E-state index in [0.29, 0.717) is 11.6 Å². The highest BCUT2D eigenvalue weighted by Crippen LogP contribution is 2.31. The van der Waals surface area contributed by atoms with Gasteiger partial charge in [0.25, 0.3) is 0 Å². The lowest BCUT2D eigenvalue weighted by Crippen LogP contribution is -2.35. The molecule has 1 aromatic carbocycles. The Balaban J connectivity index is 0.00000220. The van der Waals surface area contributed by atoms with Crippen molar-refractivity contribution in [2.75, 3.05) is 26.2 Å². The van der Waals surface area contributed by atoms with E-state index in [1.54, 1.807) is 0 Å². The largest absolute Gasteiger partial charge is 0.492 e. The molecule has 120 valence electrons. The molecule has 2 rings (SSSR count). The summed E-state index contributed by atoms with van der Waals surface area (Å²) in [6.45, 7) is 6.63. The van der Waals surface area contributed by atoms with Crippen LogP contribution in [0.3, 0.4) is 0 Å². The van der Waals surface area contributed by atoms with E-state index in [1.807, 2.05) is 19.1 Å². The Morgan fingerprint density at radius 2 is 2.24 bits per heavy atom.